The molecule has 0 unspecified atom stereocenters. The predicted molar refractivity (Wildman–Crippen MR) is 72.7 cm³/mol. The molecule has 0 saturated heterocycles. The minimum Gasteiger partial charge on any atom is -0.307 e. The molecule has 2 rings (SSSR count). The maximum absolute atomic E-state index is 12.6. The lowest BCUT2D eigenvalue weighted by Gasteiger charge is -2.24. The number of aromatic nitrogens is 1. The molecule has 0 bridgehead atoms. The molecule has 0 spiro atoms. The number of anilines is 1. The van der Waals surface area contributed by atoms with Gasteiger partial charge in [-0.3, -0.25) is 0 Å². The van der Waals surface area contributed by atoms with Gasteiger partial charge >= 0.3 is 6.18 Å². The van der Waals surface area contributed by atoms with E-state index in [1.54, 1.807) is 0 Å². The van der Waals surface area contributed by atoms with Crippen molar-refractivity contribution < 1.29 is 21.6 Å². The van der Waals surface area contributed by atoms with Gasteiger partial charge in [0.15, 0.2) is 5.82 Å². The van der Waals surface area contributed by atoms with Gasteiger partial charge in [0.25, 0.3) is 0 Å². The summed E-state index contributed by atoms with van der Waals surface area (Å²) in [5.74, 6) is 4.98. The zero-order chi connectivity index (χ0) is 15.8. The summed E-state index contributed by atoms with van der Waals surface area (Å²) < 4.78 is 63.7. The van der Waals surface area contributed by atoms with E-state index in [4.69, 9.17) is 5.84 Å². The average Bonchev–Trinajstić information content (AvgIpc) is 3.19. The highest BCUT2D eigenvalue weighted by atomic mass is 79.9. The molecule has 1 aromatic rings. The lowest BCUT2D eigenvalue weighted by Crippen LogP contribution is -2.40. The van der Waals surface area contributed by atoms with Crippen molar-refractivity contribution in [3.05, 3.63) is 16.7 Å². The Bertz CT molecular complexity index is 634. The van der Waals surface area contributed by atoms with Gasteiger partial charge in [-0.15, -0.1) is 0 Å². The van der Waals surface area contributed by atoms with E-state index >= 15 is 0 Å². The first-order chi connectivity index (χ1) is 9.65. The van der Waals surface area contributed by atoms with Crippen LogP contribution in [0.2, 0.25) is 0 Å². The van der Waals surface area contributed by atoms with Crippen LogP contribution in [0.4, 0.5) is 19.0 Å². The second-order valence-corrected chi connectivity index (χ2v) is 7.32. The topological polar surface area (TPSA) is 88.3 Å². The third kappa shape index (κ3) is 3.84. The molecule has 118 valence electrons. The van der Waals surface area contributed by atoms with Crippen LogP contribution in [0.5, 0.6) is 0 Å². The molecular formula is C10H12BrF3N4O2S. The Morgan fingerprint density at radius 3 is 2.57 bits per heavy atom. The maximum atomic E-state index is 12.6. The van der Waals surface area contributed by atoms with Crippen molar-refractivity contribution in [1.82, 2.24) is 9.29 Å². The number of nitrogens with zero attached hydrogens (tertiary/aromatic N) is 2. The number of hydrogen-bond acceptors (Lipinski definition) is 5. The van der Waals surface area contributed by atoms with Gasteiger partial charge < -0.3 is 5.43 Å². The lowest BCUT2D eigenvalue weighted by atomic mass is 10.5. The summed E-state index contributed by atoms with van der Waals surface area (Å²) in [5.41, 5.74) is 2.09. The molecule has 1 fully saturated rings. The van der Waals surface area contributed by atoms with Crippen LogP contribution >= 0.6 is 15.9 Å². The Morgan fingerprint density at radius 2 is 2.10 bits per heavy atom. The molecule has 1 aromatic heterocycles. The zero-order valence-electron chi connectivity index (χ0n) is 10.6. The smallest absolute Gasteiger partial charge is 0.307 e. The van der Waals surface area contributed by atoms with E-state index in [1.807, 2.05) is 0 Å². The van der Waals surface area contributed by atoms with Crippen LogP contribution in [0.1, 0.15) is 12.8 Å². The van der Waals surface area contributed by atoms with Crippen molar-refractivity contribution in [3.63, 3.8) is 0 Å². The Labute approximate surface area is 127 Å². The number of nitrogens with one attached hydrogen (secondary N) is 1. The van der Waals surface area contributed by atoms with E-state index in [-0.39, 0.29) is 5.82 Å². The van der Waals surface area contributed by atoms with E-state index < -0.39 is 33.7 Å². The predicted octanol–water partition coefficient (Wildman–Crippen LogP) is 1.85. The number of hydrogen-bond donors (Lipinski definition) is 2. The van der Waals surface area contributed by atoms with Crippen LogP contribution in [0, 0.1) is 0 Å². The molecule has 1 heterocycles. The van der Waals surface area contributed by atoms with Gasteiger partial charge in [0.2, 0.25) is 10.0 Å². The fraction of sp³-hybridized carbons (Fsp3) is 0.500. The van der Waals surface area contributed by atoms with Crippen LogP contribution in [0.25, 0.3) is 0 Å². The first-order valence-electron chi connectivity index (χ1n) is 5.86. The van der Waals surface area contributed by atoms with Crippen LogP contribution in [0.15, 0.2) is 21.6 Å². The average molecular weight is 389 g/mol. The number of halogens is 4. The summed E-state index contributed by atoms with van der Waals surface area (Å²) in [5, 5.41) is 0. The van der Waals surface area contributed by atoms with E-state index in [0.717, 1.165) is 0 Å². The SMILES string of the molecule is NNc1ncc(Br)cc1S(=O)(=O)N(CC(F)(F)F)C1CC1. The largest absolute Gasteiger partial charge is 0.402 e. The Hall–Kier alpha value is -0.910. The molecule has 0 amide bonds. The number of nitrogen functional groups attached to an aromatic ring is 1. The molecule has 0 aliphatic heterocycles. The number of hydrazine groups is 1. The monoisotopic (exact) mass is 388 g/mol. The summed E-state index contributed by atoms with van der Waals surface area (Å²) in [6.07, 6.45) is -2.52. The third-order valence-corrected chi connectivity index (χ3v) is 5.18. The van der Waals surface area contributed by atoms with E-state index in [2.05, 4.69) is 26.3 Å². The van der Waals surface area contributed by atoms with Gasteiger partial charge in [0, 0.05) is 16.7 Å². The van der Waals surface area contributed by atoms with E-state index in [9.17, 15) is 21.6 Å². The molecular weight excluding hydrogens is 377 g/mol. The second-order valence-electron chi connectivity index (χ2n) is 4.54. The quantitative estimate of drug-likeness (QED) is 0.593. The first-order valence-corrected chi connectivity index (χ1v) is 8.09. The molecule has 21 heavy (non-hydrogen) atoms. The molecule has 3 N–H and O–H groups in total. The van der Waals surface area contributed by atoms with Crippen LogP contribution in [-0.4, -0.2) is 36.5 Å². The van der Waals surface area contributed by atoms with Crippen molar-refractivity contribution in [2.75, 3.05) is 12.0 Å². The van der Waals surface area contributed by atoms with Crippen LogP contribution in [0.3, 0.4) is 0 Å². The van der Waals surface area contributed by atoms with Gasteiger partial charge in [0.1, 0.15) is 11.4 Å². The first kappa shape index (κ1) is 16.5. The summed E-state index contributed by atoms with van der Waals surface area (Å²) in [6, 6.07) is 0.532. The fourth-order valence-electron chi connectivity index (χ4n) is 1.80. The van der Waals surface area contributed by atoms with Crippen molar-refractivity contribution in [2.24, 2.45) is 5.84 Å². The van der Waals surface area contributed by atoms with Gasteiger partial charge in [-0.1, -0.05) is 0 Å². The van der Waals surface area contributed by atoms with Crippen molar-refractivity contribution in [3.8, 4) is 0 Å². The number of pyridine rings is 1. The summed E-state index contributed by atoms with van der Waals surface area (Å²) in [4.78, 5) is 3.36. The number of alkyl halides is 3. The highest BCUT2D eigenvalue weighted by molar-refractivity contribution is 9.10. The molecule has 1 aliphatic rings. The van der Waals surface area contributed by atoms with Gasteiger partial charge in [-0.25, -0.2) is 19.2 Å². The summed E-state index contributed by atoms with van der Waals surface area (Å²) in [7, 11) is -4.36. The summed E-state index contributed by atoms with van der Waals surface area (Å²) in [6.45, 7) is -1.53. The number of nitrogens with two attached hydrogens (primary N) is 1. The fourth-order valence-corrected chi connectivity index (χ4v) is 4.09. The van der Waals surface area contributed by atoms with Crippen molar-refractivity contribution >= 4 is 31.8 Å². The number of rotatable bonds is 5. The minimum atomic E-state index is -4.62. The normalized spacial score (nSPS) is 16.3. The Morgan fingerprint density at radius 1 is 1.48 bits per heavy atom. The highest BCUT2D eigenvalue weighted by Gasteiger charge is 2.45. The summed E-state index contributed by atoms with van der Waals surface area (Å²) >= 11 is 3.04. The standard InChI is InChI=1S/C10H12BrF3N4O2S/c11-6-3-8(9(17-15)16-4-6)21(19,20)18(7-1-2-7)5-10(12,13)14/h3-4,7H,1-2,5,15H2,(H,16,17). The molecule has 0 aromatic carbocycles. The third-order valence-electron chi connectivity index (χ3n) is 2.83. The molecule has 0 atom stereocenters. The molecule has 1 aliphatic carbocycles. The van der Waals surface area contributed by atoms with Crippen molar-refractivity contribution in [2.45, 2.75) is 30.0 Å². The maximum Gasteiger partial charge on any atom is 0.402 e. The van der Waals surface area contributed by atoms with Gasteiger partial charge in [-0.05, 0) is 34.8 Å². The van der Waals surface area contributed by atoms with E-state index in [0.29, 0.717) is 21.6 Å². The van der Waals surface area contributed by atoms with Crippen LogP contribution < -0.4 is 11.3 Å². The Kier molecular flexibility index (Phi) is 4.47. The minimum absolute atomic E-state index is 0.203. The molecule has 6 nitrogen and oxygen atoms in total. The molecule has 11 heteroatoms. The lowest BCUT2D eigenvalue weighted by molar-refractivity contribution is -0.137. The van der Waals surface area contributed by atoms with Crippen molar-refractivity contribution in [1.29, 1.82) is 0 Å². The Balaban J connectivity index is 2.46. The number of sulfonamides is 1. The zero-order valence-corrected chi connectivity index (χ0v) is 13.0. The molecule has 1 saturated carbocycles. The second kappa shape index (κ2) is 5.71. The van der Waals surface area contributed by atoms with Gasteiger partial charge in [0.05, 0.1) is 0 Å². The van der Waals surface area contributed by atoms with Crippen LogP contribution in [-0.2, 0) is 10.0 Å². The van der Waals surface area contributed by atoms with E-state index in [1.165, 1.54) is 12.3 Å². The molecule has 0 radical (unpaired) electrons. The highest BCUT2D eigenvalue weighted by Crippen LogP contribution is 2.36. The van der Waals surface area contributed by atoms with Gasteiger partial charge in [-0.2, -0.15) is 17.5 Å².